The number of aliphatic hydroxyl groups is 1. The molecule has 7 nitrogen and oxygen atoms in total. The minimum Gasteiger partial charge on any atom is -0.497 e. The molecule has 1 fully saturated rings. The molecule has 1 aromatic heterocycles. The first-order valence-electron chi connectivity index (χ1n) is 12.8. The highest BCUT2D eigenvalue weighted by Gasteiger charge is 2.34. The van der Waals surface area contributed by atoms with Crippen molar-refractivity contribution in [2.75, 3.05) is 40.4 Å². The van der Waals surface area contributed by atoms with Gasteiger partial charge in [0.15, 0.2) is 0 Å². The van der Waals surface area contributed by atoms with E-state index in [0.717, 1.165) is 35.9 Å². The second kappa shape index (κ2) is 11.4. The topological polar surface area (TPSA) is 75.1 Å². The van der Waals surface area contributed by atoms with E-state index in [2.05, 4.69) is 23.9 Å². The number of methoxy groups -OCH3 is 1. The Hall–Kier alpha value is -2.64. The average Bonchev–Trinajstić information content (AvgIpc) is 3.38. The number of nitrogens with zero attached hydrogens (tertiary/aromatic N) is 3. The normalized spacial score (nSPS) is 21.9. The van der Waals surface area contributed by atoms with Crippen molar-refractivity contribution in [3.05, 3.63) is 42.1 Å². The average molecular weight is 482 g/mol. The van der Waals surface area contributed by atoms with Crippen LogP contribution in [0, 0.1) is 11.8 Å². The van der Waals surface area contributed by atoms with E-state index in [1.165, 1.54) is 25.7 Å². The molecule has 2 aliphatic rings. The molecule has 0 bridgehead atoms. The SMILES string of the molecule is COc1cccc(-c2cnc3c(c2)C(=O)N([C@H](C)CO)C[C@@H](C)[C@H](CN(C)CC2CCCC2)O3)c1. The van der Waals surface area contributed by atoms with E-state index < -0.39 is 0 Å². The fourth-order valence-corrected chi connectivity index (χ4v) is 5.30. The molecule has 0 radical (unpaired) electrons. The molecule has 35 heavy (non-hydrogen) atoms. The van der Waals surface area contributed by atoms with Crippen LogP contribution in [0.1, 0.15) is 49.9 Å². The predicted molar refractivity (Wildman–Crippen MR) is 137 cm³/mol. The predicted octanol–water partition coefficient (Wildman–Crippen LogP) is 4.10. The number of ether oxygens (including phenoxy) is 2. The Balaban J connectivity index is 1.65. The lowest BCUT2D eigenvalue weighted by molar-refractivity contribution is 0.0320. The Labute approximate surface area is 209 Å². The van der Waals surface area contributed by atoms with Crippen molar-refractivity contribution in [2.45, 2.75) is 51.7 Å². The van der Waals surface area contributed by atoms with Gasteiger partial charge in [0.05, 0.1) is 19.8 Å². The van der Waals surface area contributed by atoms with Gasteiger partial charge >= 0.3 is 0 Å². The number of hydrogen-bond donors (Lipinski definition) is 1. The van der Waals surface area contributed by atoms with Crippen LogP contribution in [-0.4, -0.2) is 78.3 Å². The molecule has 4 rings (SSSR count). The Bertz CT molecular complexity index is 1010. The number of hydrogen-bond acceptors (Lipinski definition) is 6. The summed E-state index contributed by atoms with van der Waals surface area (Å²) in [6, 6.07) is 9.25. The third-order valence-electron chi connectivity index (χ3n) is 7.46. The standard InChI is InChI=1S/C28H39N3O4/c1-19-15-31(20(2)18-32)28(33)25-13-23(22-10-7-11-24(12-22)34-4)14-29-27(25)35-26(19)17-30(3)16-21-8-5-6-9-21/h7,10-14,19-21,26,32H,5-6,8-9,15-18H2,1-4H3/t19-,20-,26+/m1/s1. The molecule has 1 aliphatic heterocycles. The Kier molecular flexibility index (Phi) is 8.29. The van der Waals surface area contributed by atoms with Gasteiger partial charge in [-0.3, -0.25) is 4.79 Å². The highest BCUT2D eigenvalue weighted by atomic mass is 16.5. The van der Waals surface area contributed by atoms with Crippen molar-refractivity contribution in [2.24, 2.45) is 11.8 Å². The molecule has 1 amide bonds. The molecule has 0 saturated heterocycles. The highest BCUT2D eigenvalue weighted by Crippen LogP contribution is 2.32. The Morgan fingerprint density at radius 1 is 1.23 bits per heavy atom. The molecular weight excluding hydrogens is 442 g/mol. The van der Waals surface area contributed by atoms with Gasteiger partial charge in [0.25, 0.3) is 5.91 Å². The second-order valence-electron chi connectivity index (χ2n) is 10.3. The van der Waals surface area contributed by atoms with Crippen molar-refractivity contribution < 1.29 is 19.4 Å². The first kappa shape index (κ1) is 25.5. The van der Waals surface area contributed by atoms with Crippen molar-refractivity contribution in [1.29, 1.82) is 0 Å². The first-order valence-corrected chi connectivity index (χ1v) is 12.8. The van der Waals surface area contributed by atoms with Crippen LogP contribution in [0.4, 0.5) is 0 Å². The molecule has 0 unspecified atom stereocenters. The number of benzene rings is 1. The maximum atomic E-state index is 13.7. The number of pyridine rings is 1. The van der Waals surface area contributed by atoms with Crippen LogP contribution in [0.5, 0.6) is 11.6 Å². The summed E-state index contributed by atoms with van der Waals surface area (Å²) in [5, 5.41) is 9.90. The summed E-state index contributed by atoms with van der Waals surface area (Å²) in [5.74, 6) is 1.79. The molecule has 0 spiro atoms. The summed E-state index contributed by atoms with van der Waals surface area (Å²) in [4.78, 5) is 22.4. The molecule has 3 atom stereocenters. The number of amides is 1. The number of carbonyl (C=O) groups excluding carboxylic acids is 1. The summed E-state index contributed by atoms with van der Waals surface area (Å²) in [7, 11) is 3.79. The fourth-order valence-electron chi connectivity index (χ4n) is 5.30. The number of likely N-dealkylation sites (N-methyl/N-ethyl adjacent to an activating group) is 1. The zero-order valence-electron chi connectivity index (χ0n) is 21.4. The van der Waals surface area contributed by atoms with Gasteiger partial charge in [-0.15, -0.1) is 0 Å². The Morgan fingerprint density at radius 2 is 2.00 bits per heavy atom. The molecule has 2 aromatic rings. The Morgan fingerprint density at radius 3 is 2.71 bits per heavy atom. The van der Waals surface area contributed by atoms with E-state index in [9.17, 15) is 9.90 Å². The number of rotatable bonds is 8. The van der Waals surface area contributed by atoms with Gasteiger partial charge in [-0.25, -0.2) is 4.98 Å². The van der Waals surface area contributed by atoms with E-state index in [1.807, 2.05) is 37.3 Å². The lowest BCUT2D eigenvalue weighted by atomic mass is 9.98. The molecular formula is C28H39N3O4. The smallest absolute Gasteiger partial charge is 0.259 e. The van der Waals surface area contributed by atoms with Gasteiger partial charge in [0.1, 0.15) is 17.4 Å². The third-order valence-corrected chi connectivity index (χ3v) is 7.46. The van der Waals surface area contributed by atoms with Gasteiger partial charge in [-0.1, -0.05) is 31.9 Å². The maximum absolute atomic E-state index is 13.7. The summed E-state index contributed by atoms with van der Waals surface area (Å²) in [6.45, 7) is 6.26. The summed E-state index contributed by atoms with van der Waals surface area (Å²) < 4.78 is 11.8. The summed E-state index contributed by atoms with van der Waals surface area (Å²) >= 11 is 0. The van der Waals surface area contributed by atoms with E-state index >= 15 is 0 Å². The van der Waals surface area contributed by atoms with Crippen molar-refractivity contribution >= 4 is 5.91 Å². The van der Waals surface area contributed by atoms with Crippen LogP contribution < -0.4 is 9.47 Å². The summed E-state index contributed by atoms with van der Waals surface area (Å²) in [6.07, 6.45) is 6.91. The van der Waals surface area contributed by atoms with Crippen molar-refractivity contribution in [3.63, 3.8) is 0 Å². The minimum atomic E-state index is -0.298. The maximum Gasteiger partial charge on any atom is 0.259 e. The van der Waals surface area contributed by atoms with Gasteiger partial charge in [0.2, 0.25) is 5.88 Å². The van der Waals surface area contributed by atoms with E-state index in [0.29, 0.717) is 18.0 Å². The van der Waals surface area contributed by atoms with Gasteiger partial charge in [0, 0.05) is 37.3 Å². The largest absolute Gasteiger partial charge is 0.497 e. The number of aliphatic hydroxyl groups excluding tert-OH is 1. The molecule has 1 saturated carbocycles. The monoisotopic (exact) mass is 481 g/mol. The van der Waals surface area contributed by atoms with Crippen LogP contribution in [-0.2, 0) is 0 Å². The van der Waals surface area contributed by atoms with Crippen LogP contribution >= 0.6 is 0 Å². The van der Waals surface area contributed by atoms with Crippen molar-refractivity contribution in [1.82, 2.24) is 14.8 Å². The minimum absolute atomic E-state index is 0.0898. The molecule has 190 valence electrons. The van der Waals surface area contributed by atoms with E-state index in [1.54, 1.807) is 18.2 Å². The zero-order chi connectivity index (χ0) is 24.9. The number of aromatic nitrogens is 1. The van der Waals surface area contributed by atoms with E-state index in [-0.39, 0.29) is 30.6 Å². The quantitative estimate of drug-likeness (QED) is 0.612. The van der Waals surface area contributed by atoms with Gasteiger partial charge in [-0.05, 0) is 56.5 Å². The lowest BCUT2D eigenvalue weighted by Gasteiger charge is -2.38. The van der Waals surface area contributed by atoms with Crippen LogP contribution in [0.25, 0.3) is 11.1 Å². The molecule has 7 heteroatoms. The fraction of sp³-hybridized carbons (Fsp3) is 0.571. The molecule has 2 heterocycles. The second-order valence-corrected chi connectivity index (χ2v) is 10.3. The number of fused-ring (bicyclic) bond motifs is 1. The molecule has 1 aromatic carbocycles. The number of carbonyl (C=O) groups is 1. The van der Waals surface area contributed by atoms with Gasteiger partial charge < -0.3 is 24.4 Å². The van der Waals surface area contributed by atoms with Crippen LogP contribution in [0.15, 0.2) is 36.5 Å². The van der Waals surface area contributed by atoms with Gasteiger partial charge in [-0.2, -0.15) is 0 Å². The highest BCUT2D eigenvalue weighted by molar-refractivity contribution is 5.98. The molecule has 1 N–H and O–H groups in total. The lowest BCUT2D eigenvalue weighted by Crippen LogP contribution is -2.50. The third kappa shape index (κ3) is 5.96. The zero-order valence-corrected chi connectivity index (χ0v) is 21.4. The summed E-state index contributed by atoms with van der Waals surface area (Å²) in [5.41, 5.74) is 2.16. The van der Waals surface area contributed by atoms with Crippen LogP contribution in [0.2, 0.25) is 0 Å². The molecule has 1 aliphatic carbocycles. The van der Waals surface area contributed by atoms with E-state index in [4.69, 9.17) is 9.47 Å². The van der Waals surface area contributed by atoms with Crippen LogP contribution in [0.3, 0.4) is 0 Å². The first-order chi connectivity index (χ1) is 16.9. The van der Waals surface area contributed by atoms with Crippen molar-refractivity contribution in [3.8, 4) is 22.8 Å².